The van der Waals surface area contributed by atoms with Gasteiger partial charge in [0, 0.05) is 43.4 Å². The van der Waals surface area contributed by atoms with Gasteiger partial charge in [-0.1, -0.05) is 6.92 Å². The van der Waals surface area contributed by atoms with Crippen molar-refractivity contribution in [3.8, 4) is 12.1 Å². The second kappa shape index (κ2) is 10.4. The first-order chi connectivity index (χ1) is 16.6. The zero-order valence-corrected chi connectivity index (χ0v) is 20.1. The molecule has 1 atom stereocenters. The van der Waals surface area contributed by atoms with Gasteiger partial charge in [0.2, 0.25) is 5.96 Å². The molecular formula is C22H25N11S. The predicted molar refractivity (Wildman–Crippen MR) is 133 cm³/mol. The molecule has 4 heterocycles. The number of nitriles is 2. The summed E-state index contributed by atoms with van der Waals surface area (Å²) in [4.78, 5) is 11.5. The zero-order valence-electron chi connectivity index (χ0n) is 19.3. The van der Waals surface area contributed by atoms with Crippen LogP contribution in [-0.2, 0) is 0 Å². The maximum atomic E-state index is 9.91. The molecule has 1 fully saturated rings. The topological polar surface area (TPSA) is 143 Å². The zero-order chi connectivity index (χ0) is 24.1. The van der Waals surface area contributed by atoms with Crippen LogP contribution in [0.2, 0.25) is 0 Å². The van der Waals surface area contributed by atoms with Gasteiger partial charge in [-0.25, -0.2) is 9.98 Å². The summed E-state index contributed by atoms with van der Waals surface area (Å²) in [6, 6.07) is 4.41. The molecule has 0 amide bonds. The molecule has 174 valence electrons. The standard InChI is InChI=1S/C22H25N11S/c1-4-16-5-6-26-22(28-16)33-20(15(11-23)13-27-33)31-30-18-14(2)17(12-24)21(29-19(18)25-3)32-7-9-34-10-8-32/h5-6,13,16H,4,7-10H2,1-3H3,(H,25,29)(H,26,28). The maximum absolute atomic E-state index is 9.91. The molecule has 0 bridgehead atoms. The Bertz CT molecular complexity index is 1240. The van der Waals surface area contributed by atoms with Gasteiger partial charge < -0.3 is 15.5 Å². The molecule has 0 spiro atoms. The van der Waals surface area contributed by atoms with Crippen molar-refractivity contribution in [2.45, 2.75) is 26.3 Å². The third-order valence-electron chi connectivity index (χ3n) is 5.60. The Morgan fingerprint density at radius 1 is 1.26 bits per heavy atom. The van der Waals surface area contributed by atoms with Gasteiger partial charge >= 0.3 is 0 Å². The Hall–Kier alpha value is -3.90. The monoisotopic (exact) mass is 475 g/mol. The van der Waals surface area contributed by atoms with Crippen LogP contribution in [0.4, 0.5) is 23.1 Å². The Balaban J connectivity index is 1.76. The number of aromatic nitrogens is 3. The summed E-state index contributed by atoms with van der Waals surface area (Å²) in [6.45, 7) is 5.55. The highest BCUT2D eigenvalue weighted by molar-refractivity contribution is 7.99. The third-order valence-corrected chi connectivity index (χ3v) is 6.54. The van der Waals surface area contributed by atoms with E-state index in [1.807, 2.05) is 31.7 Å². The molecule has 4 rings (SSSR count). The van der Waals surface area contributed by atoms with Gasteiger partial charge in [0.15, 0.2) is 11.6 Å². The summed E-state index contributed by atoms with van der Waals surface area (Å²) in [5, 5.41) is 38.7. The molecule has 2 N–H and O–H groups in total. The van der Waals surface area contributed by atoms with Crippen molar-refractivity contribution in [1.29, 1.82) is 10.5 Å². The Labute approximate surface area is 202 Å². The highest BCUT2D eigenvalue weighted by Crippen LogP contribution is 2.36. The van der Waals surface area contributed by atoms with Crippen molar-refractivity contribution in [3.63, 3.8) is 0 Å². The van der Waals surface area contributed by atoms with Crippen LogP contribution < -0.4 is 15.5 Å². The molecule has 2 aliphatic heterocycles. The van der Waals surface area contributed by atoms with E-state index in [4.69, 9.17) is 4.98 Å². The lowest BCUT2D eigenvalue weighted by Gasteiger charge is -2.29. The quantitative estimate of drug-likeness (QED) is 0.626. The van der Waals surface area contributed by atoms with Gasteiger partial charge in [0.25, 0.3) is 0 Å². The number of nitrogens with one attached hydrogen (secondary N) is 2. The second-order valence-corrected chi connectivity index (χ2v) is 8.86. The third kappa shape index (κ3) is 4.45. The SMILES string of the molecule is CCC1C=CNC(n2ncc(C#N)c2N=Nc2c(NC)nc(N3CCSCC3)c(C#N)c2C)=N1. The van der Waals surface area contributed by atoms with Crippen LogP contribution in [-0.4, -0.2) is 58.4 Å². The molecule has 2 aromatic rings. The van der Waals surface area contributed by atoms with E-state index in [1.165, 1.54) is 10.9 Å². The Morgan fingerprint density at radius 2 is 2.06 bits per heavy atom. The van der Waals surface area contributed by atoms with E-state index in [0.29, 0.717) is 34.4 Å². The first-order valence-electron chi connectivity index (χ1n) is 11.0. The first-order valence-corrected chi connectivity index (χ1v) is 12.1. The fraction of sp³-hybridized carbons (Fsp3) is 0.409. The molecule has 2 aromatic heterocycles. The van der Waals surface area contributed by atoms with E-state index >= 15 is 0 Å². The number of azo groups is 1. The second-order valence-electron chi connectivity index (χ2n) is 7.63. The summed E-state index contributed by atoms with van der Waals surface area (Å²) in [5.41, 5.74) is 1.85. The number of nitrogens with zero attached hydrogens (tertiary/aromatic N) is 9. The number of hydrogen-bond acceptors (Lipinski definition) is 11. The van der Waals surface area contributed by atoms with E-state index < -0.39 is 0 Å². The molecule has 2 aliphatic rings. The molecule has 0 aromatic carbocycles. The van der Waals surface area contributed by atoms with Gasteiger partial charge in [0.05, 0.1) is 17.8 Å². The highest BCUT2D eigenvalue weighted by Gasteiger charge is 2.23. The minimum atomic E-state index is 0.0111. The Morgan fingerprint density at radius 3 is 2.74 bits per heavy atom. The number of rotatable bonds is 5. The number of hydrogen-bond donors (Lipinski definition) is 2. The lowest BCUT2D eigenvalue weighted by atomic mass is 10.1. The molecule has 0 aliphatic carbocycles. The van der Waals surface area contributed by atoms with Gasteiger partial charge in [-0.3, -0.25) is 0 Å². The van der Waals surface area contributed by atoms with Crippen molar-refractivity contribution in [1.82, 2.24) is 20.1 Å². The van der Waals surface area contributed by atoms with Crippen molar-refractivity contribution < 1.29 is 0 Å². The minimum Gasteiger partial charge on any atom is -0.371 e. The summed E-state index contributed by atoms with van der Waals surface area (Å²) in [7, 11) is 1.76. The molecule has 12 heteroatoms. The minimum absolute atomic E-state index is 0.0111. The molecule has 1 saturated heterocycles. The van der Waals surface area contributed by atoms with Crippen LogP contribution in [0.5, 0.6) is 0 Å². The van der Waals surface area contributed by atoms with Gasteiger partial charge in [-0.2, -0.15) is 32.1 Å². The van der Waals surface area contributed by atoms with Crippen molar-refractivity contribution >= 4 is 40.9 Å². The predicted octanol–water partition coefficient (Wildman–Crippen LogP) is 3.44. The lowest BCUT2D eigenvalue weighted by Crippen LogP contribution is -2.34. The van der Waals surface area contributed by atoms with Crippen LogP contribution in [0.25, 0.3) is 0 Å². The van der Waals surface area contributed by atoms with Gasteiger partial charge in [-0.15, -0.1) is 10.2 Å². The fourth-order valence-electron chi connectivity index (χ4n) is 3.70. The summed E-state index contributed by atoms with van der Waals surface area (Å²) < 4.78 is 1.46. The van der Waals surface area contributed by atoms with Gasteiger partial charge in [0.1, 0.15) is 29.2 Å². The van der Waals surface area contributed by atoms with Crippen LogP contribution in [0, 0.1) is 29.6 Å². The van der Waals surface area contributed by atoms with E-state index in [1.54, 1.807) is 13.2 Å². The smallest absolute Gasteiger partial charge is 0.225 e. The number of anilines is 2. The van der Waals surface area contributed by atoms with E-state index in [0.717, 1.165) is 31.0 Å². The Kier molecular flexibility index (Phi) is 7.09. The number of aliphatic imine (C=N–C) groups is 1. The maximum Gasteiger partial charge on any atom is 0.225 e. The number of pyridine rings is 1. The van der Waals surface area contributed by atoms with Crippen molar-refractivity contribution in [2.24, 2.45) is 15.2 Å². The van der Waals surface area contributed by atoms with Crippen molar-refractivity contribution in [3.05, 3.63) is 35.2 Å². The molecular weight excluding hydrogens is 450 g/mol. The van der Waals surface area contributed by atoms with E-state index in [9.17, 15) is 10.5 Å². The molecule has 11 nitrogen and oxygen atoms in total. The van der Waals surface area contributed by atoms with E-state index in [-0.39, 0.29) is 17.4 Å². The molecule has 0 radical (unpaired) electrons. The normalized spacial score (nSPS) is 17.7. The molecule has 0 saturated carbocycles. The van der Waals surface area contributed by atoms with Gasteiger partial charge in [-0.05, 0) is 19.4 Å². The highest BCUT2D eigenvalue weighted by atomic mass is 32.2. The summed E-state index contributed by atoms with van der Waals surface area (Å²) in [5.74, 6) is 3.87. The van der Waals surface area contributed by atoms with Crippen LogP contribution in [0.15, 0.2) is 33.7 Å². The summed E-state index contributed by atoms with van der Waals surface area (Å²) in [6.07, 6.45) is 6.02. The van der Waals surface area contributed by atoms with Crippen LogP contribution >= 0.6 is 11.8 Å². The van der Waals surface area contributed by atoms with Crippen LogP contribution in [0.1, 0.15) is 30.0 Å². The largest absolute Gasteiger partial charge is 0.371 e. The molecule has 34 heavy (non-hydrogen) atoms. The molecule has 1 unspecified atom stereocenters. The average Bonchev–Trinajstić information content (AvgIpc) is 3.30. The van der Waals surface area contributed by atoms with E-state index in [2.05, 4.69) is 48.0 Å². The summed E-state index contributed by atoms with van der Waals surface area (Å²) >= 11 is 1.89. The average molecular weight is 476 g/mol. The fourth-order valence-corrected chi connectivity index (χ4v) is 4.60. The van der Waals surface area contributed by atoms with Crippen LogP contribution in [0.3, 0.4) is 0 Å². The van der Waals surface area contributed by atoms with Crippen molar-refractivity contribution in [2.75, 3.05) is 41.9 Å². The lowest BCUT2D eigenvalue weighted by molar-refractivity contribution is 0.738. The number of thioether (sulfide) groups is 1. The first kappa shape index (κ1) is 23.3.